The van der Waals surface area contributed by atoms with E-state index in [4.69, 9.17) is 0 Å². The number of hydrogen-bond acceptors (Lipinski definition) is 3. The predicted molar refractivity (Wildman–Crippen MR) is 107 cm³/mol. The Labute approximate surface area is 164 Å². The average molecular weight is 387 g/mol. The van der Waals surface area contributed by atoms with Crippen LogP contribution >= 0.6 is 0 Å². The zero-order chi connectivity index (χ0) is 19.8. The van der Waals surface area contributed by atoms with Gasteiger partial charge in [0.15, 0.2) is 5.96 Å². The number of likely N-dealkylation sites (tertiary alicyclic amines) is 1. The lowest BCUT2D eigenvalue weighted by atomic mass is 10.0. The van der Waals surface area contributed by atoms with E-state index in [0.717, 1.165) is 44.2 Å². The number of halogens is 2. The van der Waals surface area contributed by atoms with Crippen molar-refractivity contribution in [1.29, 1.82) is 0 Å². The summed E-state index contributed by atoms with van der Waals surface area (Å²) < 4.78 is 26.7. The Balaban J connectivity index is 1.39. The van der Waals surface area contributed by atoms with Gasteiger partial charge in [0, 0.05) is 51.5 Å². The number of hydrogen-bond donors (Lipinski definition) is 2. The van der Waals surface area contributed by atoms with Gasteiger partial charge < -0.3 is 10.6 Å². The van der Waals surface area contributed by atoms with E-state index in [1.165, 1.54) is 12.1 Å². The minimum Gasteiger partial charge on any atom is -0.356 e. The fourth-order valence-electron chi connectivity index (χ4n) is 3.38. The van der Waals surface area contributed by atoms with Crippen molar-refractivity contribution in [3.8, 4) is 0 Å². The lowest BCUT2D eigenvalue weighted by Crippen LogP contribution is -2.48. The van der Waals surface area contributed by atoms with E-state index in [9.17, 15) is 8.78 Å². The van der Waals surface area contributed by atoms with Gasteiger partial charge in [0.1, 0.15) is 11.6 Å². The Kier molecular flexibility index (Phi) is 7.31. The molecule has 1 aromatic heterocycles. The predicted octanol–water partition coefficient (Wildman–Crippen LogP) is 2.73. The first kappa shape index (κ1) is 20.2. The summed E-state index contributed by atoms with van der Waals surface area (Å²) in [5.74, 6) is -0.350. The molecule has 2 aromatic rings. The van der Waals surface area contributed by atoms with Crippen LogP contribution in [-0.4, -0.2) is 48.6 Å². The van der Waals surface area contributed by atoms with Crippen LogP contribution in [0.5, 0.6) is 0 Å². The Morgan fingerprint density at radius 1 is 1.21 bits per heavy atom. The molecule has 1 aromatic carbocycles. The highest BCUT2D eigenvalue weighted by atomic mass is 19.1. The SMILES string of the molecule is CN=C(NCCc1ccc(F)cc1F)NC1CCN(Cc2ccccn2)CC1. The van der Waals surface area contributed by atoms with Gasteiger partial charge in [-0.1, -0.05) is 12.1 Å². The highest BCUT2D eigenvalue weighted by molar-refractivity contribution is 5.79. The smallest absolute Gasteiger partial charge is 0.191 e. The summed E-state index contributed by atoms with van der Waals surface area (Å²) in [6, 6.07) is 10.0. The molecule has 1 fully saturated rings. The number of pyridine rings is 1. The van der Waals surface area contributed by atoms with Crippen molar-refractivity contribution in [3.63, 3.8) is 0 Å². The van der Waals surface area contributed by atoms with Crippen molar-refractivity contribution < 1.29 is 8.78 Å². The molecule has 0 saturated carbocycles. The zero-order valence-corrected chi connectivity index (χ0v) is 16.2. The van der Waals surface area contributed by atoms with E-state index in [0.29, 0.717) is 30.5 Å². The zero-order valence-electron chi connectivity index (χ0n) is 16.2. The fourth-order valence-corrected chi connectivity index (χ4v) is 3.38. The standard InChI is InChI=1S/C21H27F2N5/c1-24-21(26-11-7-16-5-6-17(22)14-20(16)23)27-18-8-12-28(13-9-18)15-19-4-2-3-10-25-19/h2-6,10,14,18H,7-9,11-13,15H2,1H3,(H2,24,26,27). The van der Waals surface area contributed by atoms with Crippen LogP contribution in [0.25, 0.3) is 0 Å². The van der Waals surface area contributed by atoms with Gasteiger partial charge in [0.25, 0.3) is 0 Å². The molecule has 2 N–H and O–H groups in total. The summed E-state index contributed by atoms with van der Waals surface area (Å²) in [5.41, 5.74) is 1.59. The van der Waals surface area contributed by atoms with E-state index >= 15 is 0 Å². The van der Waals surface area contributed by atoms with Crippen LogP contribution in [-0.2, 0) is 13.0 Å². The van der Waals surface area contributed by atoms with Gasteiger partial charge in [-0.25, -0.2) is 8.78 Å². The quantitative estimate of drug-likeness (QED) is 0.591. The van der Waals surface area contributed by atoms with Crippen molar-refractivity contribution >= 4 is 5.96 Å². The molecule has 28 heavy (non-hydrogen) atoms. The lowest BCUT2D eigenvalue weighted by molar-refractivity contribution is 0.196. The number of aliphatic imine (C=N–C) groups is 1. The number of rotatable bonds is 6. The topological polar surface area (TPSA) is 52.6 Å². The van der Waals surface area contributed by atoms with Gasteiger partial charge >= 0.3 is 0 Å². The fraction of sp³-hybridized carbons (Fsp3) is 0.429. The molecule has 0 amide bonds. The third-order valence-corrected chi connectivity index (χ3v) is 4.97. The molecule has 1 aliphatic rings. The van der Waals surface area contributed by atoms with Crippen LogP contribution in [0.4, 0.5) is 8.78 Å². The van der Waals surface area contributed by atoms with Crippen LogP contribution < -0.4 is 10.6 Å². The number of guanidine groups is 1. The number of nitrogens with one attached hydrogen (secondary N) is 2. The molecule has 3 rings (SSSR count). The third kappa shape index (κ3) is 5.99. The molecule has 0 radical (unpaired) electrons. The van der Waals surface area contributed by atoms with Crippen LogP contribution in [0.3, 0.4) is 0 Å². The van der Waals surface area contributed by atoms with E-state index in [1.807, 2.05) is 18.3 Å². The molecular weight excluding hydrogens is 360 g/mol. The summed E-state index contributed by atoms with van der Waals surface area (Å²) in [6.45, 7) is 3.42. The van der Waals surface area contributed by atoms with Crippen LogP contribution in [0.15, 0.2) is 47.6 Å². The van der Waals surface area contributed by atoms with Crippen molar-refractivity contribution in [2.45, 2.75) is 31.8 Å². The molecule has 0 atom stereocenters. The average Bonchev–Trinajstić information content (AvgIpc) is 2.71. The number of nitrogens with zero attached hydrogens (tertiary/aromatic N) is 3. The number of aromatic nitrogens is 1. The van der Waals surface area contributed by atoms with E-state index in [2.05, 4.69) is 31.6 Å². The monoisotopic (exact) mass is 387 g/mol. The van der Waals surface area contributed by atoms with Crippen molar-refractivity contribution in [3.05, 3.63) is 65.5 Å². The van der Waals surface area contributed by atoms with Crippen molar-refractivity contribution in [2.24, 2.45) is 4.99 Å². The Bertz CT molecular complexity index is 774. The molecule has 150 valence electrons. The first-order valence-corrected chi connectivity index (χ1v) is 9.67. The molecule has 0 unspecified atom stereocenters. The third-order valence-electron chi connectivity index (χ3n) is 4.97. The summed E-state index contributed by atoms with van der Waals surface area (Å²) in [7, 11) is 1.73. The second-order valence-electron chi connectivity index (χ2n) is 7.00. The lowest BCUT2D eigenvalue weighted by Gasteiger charge is -2.32. The maximum absolute atomic E-state index is 13.7. The maximum atomic E-state index is 13.7. The van der Waals surface area contributed by atoms with Gasteiger partial charge in [-0.3, -0.25) is 14.9 Å². The highest BCUT2D eigenvalue weighted by Crippen LogP contribution is 2.13. The minimum absolute atomic E-state index is 0.355. The second-order valence-corrected chi connectivity index (χ2v) is 7.00. The molecule has 5 nitrogen and oxygen atoms in total. The first-order chi connectivity index (χ1) is 13.6. The summed E-state index contributed by atoms with van der Waals surface area (Å²) in [4.78, 5) is 11.1. The molecule has 1 saturated heterocycles. The van der Waals surface area contributed by atoms with E-state index < -0.39 is 11.6 Å². The first-order valence-electron chi connectivity index (χ1n) is 9.67. The molecule has 1 aliphatic heterocycles. The van der Waals surface area contributed by atoms with Crippen molar-refractivity contribution in [1.82, 2.24) is 20.5 Å². The van der Waals surface area contributed by atoms with E-state index in [-0.39, 0.29) is 0 Å². The number of benzene rings is 1. The summed E-state index contributed by atoms with van der Waals surface area (Å²) in [5, 5.41) is 6.66. The molecule has 7 heteroatoms. The normalized spacial score (nSPS) is 16.2. The minimum atomic E-state index is -0.555. The Morgan fingerprint density at radius 3 is 2.71 bits per heavy atom. The summed E-state index contributed by atoms with van der Waals surface area (Å²) >= 11 is 0. The second kappa shape index (κ2) is 10.1. The molecular formula is C21H27F2N5. The molecule has 0 aliphatic carbocycles. The Hall–Kier alpha value is -2.54. The van der Waals surface area contributed by atoms with Gasteiger partial charge in [-0.05, 0) is 43.0 Å². The van der Waals surface area contributed by atoms with Crippen molar-refractivity contribution in [2.75, 3.05) is 26.7 Å². The highest BCUT2D eigenvalue weighted by Gasteiger charge is 2.20. The van der Waals surface area contributed by atoms with Gasteiger partial charge in [0.2, 0.25) is 0 Å². The van der Waals surface area contributed by atoms with Gasteiger partial charge in [-0.2, -0.15) is 0 Å². The molecule has 2 heterocycles. The van der Waals surface area contributed by atoms with Crippen LogP contribution in [0.2, 0.25) is 0 Å². The maximum Gasteiger partial charge on any atom is 0.191 e. The summed E-state index contributed by atoms with van der Waals surface area (Å²) in [6.07, 6.45) is 4.35. The number of piperidine rings is 1. The Morgan fingerprint density at radius 2 is 2.04 bits per heavy atom. The van der Waals surface area contributed by atoms with Gasteiger partial charge in [0.05, 0.1) is 5.69 Å². The van der Waals surface area contributed by atoms with E-state index in [1.54, 1.807) is 7.05 Å². The van der Waals surface area contributed by atoms with Crippen LogP contribution in [0, 0.1) is 11.6 Å². The van der Waals surface area contributed by atoms with Crippen LogP contribution in [0.1, 0.15) is 24.1 Å². The molecule has 0 spiro atoms. The van der Waals surface area contributed by atoms with Gasteiger partial charge in [-0.15, -0.1) is 0 Å². The molecule has 0 bridgehead atoms. The largest absolute Gasteiger partial charge is 0.356 e.